The highest BCUT2D eigenvalue weighted by molar-refractivity contribution is 6.66. The van der Waals surface area contributed by atoms with Gasteiger partial charge in [-0.1, -0.05) is 38.3 Å². The molecule has 4 aromatic rings. The van der Waals surface area contributed by atoms with Crippen LogP contribution in [0.5, 0.6) is 5.75 Å². The fraction of sp³-hybridized carbons (Fsp3) is 0.370. The van der Waals surface area contributed by atoms with Crippen LogP contribution in [0.25, 0.3) is 22.5 Å². The predicted molar refractivity (Wildman–Crippen MR) is 165 cm³/mol. The van der Waals surface area contributed by atoms with Crippen LogP contribution in [-0.4, -0.2) is 63.8 Å². The monoisotopic (exact) mass is 560 g/mol. The summed E-state index contributed by atoms with van der Waals surface area (Å²) in [5.41, 5.74) is 10.1. The molecule has 2 bridgehead atoms. The molecule has 1 aliphatic heterocycles. The zero-order valence-electron chi connectivity index (χ0n) is 23.5. The van der Waals surface area contributed by atoms with Crippen molar-refractivity contribution in [1.82, 2.24) is 24.5 Å². The van der Waals surface area contributed by atoms with E-state index in [1.54, 1.807) is 30.8 Å². The van der Waals surface area contributed by atoms with Crippen LogP contribution >= 0.6 is 11.6 Å². The van der Waals surface area contributed by atoms with E-state index in [-0.39, 0.29) is 23.1 Å². The highest BCUT2D eigenvalue weighted by Gasteiger charge is 2.37. The third-order valence-electron chi connectivity index (χ3n) is 6.92. The summed E-state index contributed by atoms with van der Waals surface area (Å²) in [6.45, 7) is 6.14. The molecule has 200 valence electrons. The van der Waals surface area contributed by atoms with Gasteiger partial charge in [0.15, 0.2) is 16.7 Å². The molecule has 7 nitrogen and oxygen atoms in total. The molecule has 1 atom stereocenters. The predicted octanol–water partition coefficient (Wildman–Crippen LogP) is 4.10. The first-order valence-electron chi connectivity index (χ1n) is 13.2. The number of rotatable bonds is 3. The van der Waals surface area contributed by atoms with E-state index in [0.29, 0.717) is 33.6 Å². The maximum Gasteiger partial charge on any atom is 0.166 e. The second kappa shape index (κ2) is 11.7. The number of nitrogens with two attached hydrogens (primary N) is 1. The Morgan fingerprint density at radius 3 is 2.44 bits per heavy atom. The molecule has 0 aliphatic carbocycles. The summed E-state index contributed by atoms with van der Waals surface area (Å²) >= 11 is 6.65. The SMILES string of the molecule is CCCC.[B]C([B])([B])C([B])([B])n1nc(Cl)c2c1-c1cnc(N)c(c1)OC(C)c1cc(F)ccc1-c1nn(C)cc1C2. The number of nitrogens with zero attached hydrogens (tertiary/aromatic N) is 5. The van der Waals surface area contributed by atoms with E-state index in [0.717, 1.165) is 5.56 Å². The largest absolute Gasteiger partial charge is 0.482 e. The number of unbranched alkanes of at least 4 members (excludes halogenated alkanes) is 1. The lowest BCUT2D eigenvalue weighted by Crippen LogP contribution is -2.49. The highest BCUT2D eigenvalue weighted by Crippen LogP contribution is 2.42. The molecular weight excluding hydrogens is 533 g/mol. The summed E-state index contributed by atoms with van der Waals surface area (Å²) in [5.74, 6) is -0.0715. The quantitative estimate of drug-likeness (QED) is 0.382. The lowest BCUT2D eigenvalue weighted by molar-refractivity contribution is 0.227. The molecule has 14 heteroatoms. The molecule has 0 amide bonds. The van der Waals surface area contributed by atoms with Crippen LogP contribution in [-0.2, 0) is 18.8 Å². The number of benzene rings is 1. The van der Waals surface area contributed by atoms with Crippen molar-refractivity contribution in [2.24, 2.45) is 7.05 Å². The van der Waals surface area contributed by atoms with Gasteiger partial charge in [0.1, 0.15) is 11.9 Å². The minimum atomic E-state index is -2.09. The van der Waals surface area contributed by atoms with E-state index in [4.69, 9.17) is 61.3 Å². The second-order valence-corrected chi connectivity index (χ2v) is 10.6. The standard InChI is InChI=1S/C23H17B5ClFN6O.C4H10/c1-10-15-7-13(30)3-4-14(15)18-12(9-35(2)33-18)5-16-19(11-6-17(37-10)21(31)32-8-11)36(34-20(16)29)23(27,28)22(24,25)26;1-3-4-2/h3-4,6-10H,5H2,1-2H3,(H2,31,32);3-4H2,1-2H3. The molecule has 0 saturated carbocycles. The van der Waals surface area contributed by atoms with Gasteiger partial charge < -0.3 is 10.5 Å². The minimum Gasteiger partial charge on any atom is -0.482 e. The van der Waals surface area contributed by atoms with Crippen molar-refractivity contribution < 1.29 is 9.13 Å². The average Bonchev–Trinajstić information content (AvgIpc) is 3.43. The zero-order valence-corrected chi connectivity index (χ0v) is 24.3. The number of aryl methyl sites for hydroxylation is 1. The molecule has 0 saturated heterocycles. The summed E-state index contributed by atoms with van der Waals surface area (Å²) in [7, 11) is 32.2. The van der Waals surface area contributed by atoms with Crippen LogP contribution in [0, 0.1) is 5.82 Å². The number of anilines is 1. The Morgan fingerprint density at radius 2 is 1.80 bits per heavy atom. The van der Waals surface area contributed by atoms with Gasteiger partial charge in [-0.05, 0) is 36.5 Å². The van der Waals surface area contributed by atoms with Gasteiger partial charge in [-0.25, -0.2) is 9.37 Å². The fourth-order valence-electron chi connectivity index (χ4n) is 4.43. The Labute approximate surface area is 251 Å². The molecule has 0 spiro atoms. The number of hydrogen-bond acceptors (Lipinski definition) is 5. The van der Waals surface area contributed by atoms with Gasteiger partial charge >= 0.3 is 0 Å². The first-order chi connectivity index (χ1) is 19.2. The molecule has 10 radical (unpaired) electrons. The number of halogens is 2. The third kappa shape index (κ3) is 5.96. The Kier molecular flexibility index (Phi) is 8.79. The van der Waals surface area contributed by atoms with Gasteiger partial charge in [-0.15, -0.1) is 5.11 Å². The minimum absolute atomic E-state index is 0.0818. The number of pyridine rings is 1. The lowest BCUT2D eigenvalue weighted by Gasteiger charge is -2.43. The van der Waals surface area contributed by atoms with Gasteiger partial charge in [0.05, 0.1) is 50.6 Å². The number of fused-ring (bicyclic) bond motifs is 7. The number of hydrogen-bond donors (Lipinski definition) is 1. The van der Waals surface area contributed by atoms with Crippen molar-refractivity contribution >= 4 is 56.7 Å². The van der Waals surface area contributed by atoms with Gasteiger partial charge in [-0.2, -0.15) is 10.2 Å². The molecule has 1 aliphatic rings. The van der Waals surface area contributed by atoms with E-state index in [2.05, 4.69) is 29.0 Å². The van der Waals surface area contributed by atoms with Crippen LogP contribution in [0.2, 0.25) is 10.3 Å². The van der Waals surface area contributed by atoms with E-state index in [1.165, 1.54) is 35.9 Å². The molecule has 41 heavy (non-hydrogen) atoms. The van der Waals surface area contributed by atoms with Crippen molar-refractivity contribution in [3.8, 4) is 28.3 Å². The Morgan fingerprint density at radius 1 is 1.12 bits per heavy atom. The average molecular weight is 560 g/mol. The summed E-state index contributed by atoms with van der Waals surface area (Å²) < 4.78 is 23.4. The van der Waals surface area contributed by atoms with E-state index >= 15 is 0 Å². The summed E-state index contributed by atoms with van der Waals surface area (Å²) in [6.07, 6.45) is 5.58. The molecule has 5 rings (SSSR count). The summed E-state index contributed by atoms with van der Waals surface area (Å²) in [5, 5.41) is 4.94. The molecule has 2 N–H and O–H groups in total. The maximum atomic E-state index is 14.4. The van der Waals surface area contributed by atoms with Crippen molar-refractivity contribution in [3.63, 3.8) is 0 Å². The Bertz CT molecular complexity index is 1570. The number of aromatic nitrogens is 5. The van der Waals surface area contributed by atoms with Crippen molar-refractivity contribution in [2.45, 2.75) is 56.6 Å². The Balaban J connectivity index is 0.000000909. The van der Waals surface area contributed by atoms with Gasteiger partial charge in [-0.3, -0.25) is 9.36 Å². The Hall–Kier alpha value is -3.07. The maximum absolute atomic E-state index is 14.4. The van der Waals surface area contributed by atoms with Crippen LogP contribution in [0.3, 0.4) is 0 Å². The number of ether oxygens (including phenoxy) is 1. The molecular formula is C27H27B5ClFN6O. The number of nitrogen functional groups attached to an aromatic ring is 1. The van der Waals surface area contributed by atoms with Crippen LogP contribution in [0.4, 0.5) is 10.2 Å². The molecule has 1 aromatic carbocycles. The summed E-state index contributed by atoms with van der Waals surface area (Å²) in [6, 6.07) is 6.07. The highest BCUT2D eigenvalue weighted by atomic mass is 35.5. The molecule has 0 fully saturated rings. The first-order valence-corrected chi connectivity index (χ1v) is 13.5. The van der Waals surface area contributed by atoms with Gasteiger partial charge in [0, 0.05) is 53.7 Å². The van der Waals surface area contributed by atoms with Gasteiger partial charge in [0.2, 0.25) is 0 Å². The van der Waals surface area contributed by atoms with E-state index in [1.807, 2.05) is 6.20 Å². The normalized spacial score (nSPS) is 14.7. The van der Waals surface area contributed by atoms with Crippen LogP contribution in [0.15, 0.2) is 36.7 Å². The smallest absolute Gasteiger partial charge is 0.166 e. The first kappa shape index (κ1) is 30.9. The second-order valence-electron chi connectivity index (χ2n) is 10.2. The van der Waals surface area contributed by atoms with Crippen LogP contribution < -0.4 is 10.5 Å². The van der Waals surface area contributed by atoms with Crippen molar-refractivity contribution in [1.29, 1.82) is 0 Å². The fourth-order valence-corrected chi connectivity index (χ4v) is 4.66. The third-order valence-corrected chi connectivity index (χ3v) is 7.22. The van der Waals surface area contributed by atoms with E-state index in [9.17, 15) is 4.39 Å². The molecule has 1 unspecified atom stereocenters. The summed E-state index contributed by atoms with van der Waals surface area (Å²) in [4.78, 5) is 4.28. The topological polar surface area (TPSA) is 83.8 Å². The van der Waals surface area contributed by atoms with Crippen molar-refractivity contribution in [3.05, 3.63) is 64.3 Å². The van der Waals surface area contributed by atoms with Gasteiger partial charge in [0.25, 0.3) is 0 Å². The van der Waals surface area contributed by atoms with E-state index < -0.39 is 22.4 Å². The molecule has 3 aromatic heterocycles. The molecule has 4 heterocycles. The lowest BCUT2D eigenvalue weighted by atomic mass is 9.26. The zero-order chi connectivity index (χ0) is 30.3. The van der Waals surface area contributed by atoms with Crippen LogP contribution in [0.1, 0.15) is 56.4 Å². The van der Waals surface area contributed by atoms with Crippen molar-refractivity contribution in [2.75, 3.05) is 5.73 Å².